The number of carbonyl (C=O) groups excluding carboxylic acids is 2. The van der Waals surface area contributed by atoms with Crippen LogP contribution >= 0.6 is 11.6 Å². The van der Waals surface area contributed by atoms with Crippen LogP contribution in [0.4, 0.5) is 5.69 Å². The smallest absolute Gasteiger partial charge is 0.265 e. The second kappa shape index (κ2) is 15.7. The fraction of sp³-hybridized carbons (Fsp3) is 0.375. The van der Waals surface area contributed by atoms with Gasteiger partial charge in [-0.3, -0.25) is 13.9 Å². The maximum absolute atomic E-state index is 14.3. The van der Waals surface area contributed by atoms with Crippen molar-refractivity contribution in [1.82, 2.24) is 10.2 Å². The van der Waals surface area contributed by atoms with Crippen LogP contribution in [0.25, 0.3) is 0 Å². The molecule has 2 amide bonds. The molecule has 45 heavy (non-hydrogen) atoms. The Balaban J connectivity index is 2.14. The van der Waals surface area contributed by atoms with Crippen LogP contribution in [0, 0.1) is 0 Å². The van der Waals surface area contributed by atoms with Gasteiger partial charge in [0.05, 0.1) is 39.0 Å². The number of rotatable bonds is 15. The van der Waals surface area contributed by atoms with Gasteiger partial charge >= 0.3 is 0 Å². The van der Waals surface area contributed by atoms with Crippen LogP contribution in [-0.4, -0.2) is 72.2 Å². The van der Waals surface area contributed by atoms with Crippen LogP contribution < -0.4 is 28.6 Å². The molecule has 244 valence electrons. The molecule has 13 heteroatoms. The highest BCUT2D eigenvalue weighted by molar-refractivity contribution is 7.92. The Morgan fingerprint density at radius 1 is 0.844 bits per heavy atom. The van der Waals surface area contributed by atoms with Gasteiger partial charge in [0.25, 0.3) is 10.0 Å². The minimum Gasteiger partial charge on any atom is -0.497 e. The first kappa shape index (κ1) is 35.3. The van der Waals surface area contributed by atoms with E-state index in [9.17, 15) is 18.0 Å². The molecule has 2 atom stereocenters. The number of halogens is 1. The van der Waals surface area contributed by atoms with E-state index < -0.39 is 28.5 Å². The zero-order valence-corrected chi connectivity index (χ0v) is 28.1. The van der Waals surface area contributed by atoms with Crippen LogP contribution in [0.2, 0.25) is 5.02 Å². The lowest BCUT2D eigenvalue weighted by Gasteiger charge is -2.33. The SMILES string of the molecule is CC[C@@H](C)NC(=O)[C@H](C)N(Cc1ccc(OC)cc1)C(=O)CN(c1cc(Cl)ccc1OC)S(=O)(=O)c1ccc(OC)c(OC)c1. The number of carbonyl (C=O) groups is 2. The average Bonchev–Trinajstić information content (AvgIpc) is 3.05. The van der Waals surface area contributed by atoms with Crippen LogP contribution in [0.1, 0.15) is 32.8 Å². The highest BCUT2D eigenvalue weighted by Gasteiger charge is 2.34. The lowest BCUT2D eigenvalue weighted by molar-refractivity contribution is -0.139. The predicted molar refractivity (Wildman–Crippen MR) is 173 cm³/mol. The Kier molecular flexibility index (Phi) is 12.3. The van der Waals surface area contributed by atoms with Gasteiger partial charge in [0.1, 0.15) is 24.1 Å². The number of nitrogens with zero attached hydrogens (tertiary/aromatic N) is 2. The topological polar surface area (TPSA) is 124 Å². The summed E-state index contributed by atoms with van der Waals surface area (Å²) in [6.45, 7) is 4.75. The highest BCUT2D eigenvalue weighted by Crippen LogP contribution is 2.37. The fourth-order valence-corrected chi connectivity index (χ4v) is 6.05. The van der Waals surface area contributed by atoms with Crippen molar-refractivity contribution in [2.45, 2.75) is 50.7 Å². The van der Waals surface area contributed by atoms with Gasteiger partial charge in [-0.1, -0.05) is 30.7 Å². The number of methoxy groups -OCH3 is 4. The average molecular weight is 662 g/mol. The van der Waals surface area contributed by atoms with Crippen molar-refractivity contribution in [3.05, 3.63) is 71.2 Å². The molecular weight excluding hydrogens is 622 g/mol. The molecule has 0 bridgehead atoms. The lowest BCUT2D eigenvalue weighted by Crippen LogP contribution is -2.52. The van der Waals surface area contributed by atoms with Crippen LogP contribution in [0.3, 0.4) is 0 Å². The third-order valence-corrected chi connectivity index (χ3v) is 9.30. The molecule has 0 aromatic heterocycles. The lowest BCUT2D eigenvalue weighted by atomic mass is 10.1. The van der Waals surface area contributed by atoms with Gasteiger partial charge in [0.15, 0.2) is 11.5 Å². The number of nitrogens with one attached hydrogen (secondary N) is 1. The van der Waals surface area contributed by atoms with E-state index in [-0.39, 0.29) is 45.6 Å². The molecule has 3 rings (SSSR count). The molecule has 0 heterocycles. The summed E-state index contributed by atoms with van der Waals surface area (Å²) < 4.78 is 50.9. The molecule has 11 nitrogen and oxygen atoms in total. The minimum absolute atomic E-state index is 0.0227. The second-order valence-electron chi connectivity index (χ2n) is 10.2. The van der Waals surface area contributed by atoms with E-state index in [1.165, 1.54) is 56.6 Å². The van der Waals surface area contributed by atoms with Crippen LogP contribution in [0.15, 0.2) is 65.6 Å². The first-order chi connectivity index (χ1) is 21.4. The Hall–Kier alpha value is -4.16. The zero-order valence-electron chi connectivity index (χ0n) is 26.5. The number of benzene rings is 3. The molecule has 0 fully saturated rings. The maximum Gasteiger partial charge on any atom is 0.265 e. The third-order valence-electron chi connectivity index (χ3n) is 7.31. The summed E-state index contributed by atoms with van der Waals surface area (Å²) >= 11 is 6.31. The molecular formula is C32H40ClN3O8S. The van der Waals surface area contributed by atoms with Crippen molar-refractivity contribution >= 4 is 39.1 Å². The van der Waals surface area contributed by atoms with Crippen LogP contribution in [0.5, 0.6) is 23.0 Å². The van der Waals surface area contributed by atoms with E-state index >= 15 is 0 Å². The number of amides is 2. The Bertz CT molecular complexity index is 1580. The standard InChI is InChI=1S/C32H40ClN3O8S/c1-8-21(2)34-32(38)22(3)35(19-23-9-12-25(41-4)13-10-23)31(37)20-36(27-17-24(33)11-15-28(27)42-5)45(39,40)26-14-16-29(43-6)30(18-26)44-7/h9-18,21-22H,8,19-20H2,1-7H3,(H,34,38)/t21-,22+/m1/s1. The van der Waals surface area contributed by atoms with Crippen molar-refractivity contribution in [2.75, 3.05) is 39.3 Å². The second-order valence-corrected chi connectivity index (χ2v) is 12.5. The summed E-state index contributed by atoms with van der Waals surface area (Å²) in [6, 6.07) is 14.5. The Labute approximate surface area is 270 Å². The molecule has 0 unspecified atom stereocenters. The van der Waals surface area contributed by atoms with Gasteiger partial charge in [-0.2, -0.15) is 0 Å². The quantitative estimate of drug-likeness (QED) is 0.244. The molecule has 3 aromatic carbocycles. The van der Waals surface area contributed by atoms with E-state index in [0.29, 0.717) is 23.5 Å². The largest absolute Gasteiger partial charge is 0.497 e. The van der Waals surface area contributed by atoms with E-state index in [4.69, 9.17) is 30.5 Å². The van der Waals surface area contributed by atoms with Crippen molar-refractivity contribution in [1.29, 1.82) is 0 Å². The third kappa shape index (κ3) is 8.52. The monoisotopic (exact) mass is 661 g/mol. The highest BCUT2D eigenvalue weighted by atomic mass is 35.5. The number of anilines is 1. The Morgan fingerprint density at radius 3 is 2.04 bits per heavy atom. The molecule has 0 radical (unpaired) electrons. The van der Waals surface area contributed by atoms with Crippen molar-refractivity contribution in [3.8, 4) is 23.0 Å². The van der Waals surface area contributed by atoms with Gasteiger partial charge in [0, 0.05) is 23.7 Å². The summed E-state index contributed by atoms with van der Waals surface area (Å²) in [5.74, 6) is 0.287. The summed E-state index contributed by atoms with van der Waals surface area (Å²) in [5.41, 5.74) is 0.746. The van der Waals surface area contributed by atoms with E-state index in [0.717, 1.165) is 4.31 Å². The van der Waals surface area contributed by atoms with Crippen molar-refractivity contribution in [2.24, 2.45) is 0 Å². The van der Waals surface area contributed by atoms with Crippen molar-refractivity contribution in [3.63, 3.8) is 0 Å². The number of ether oxygens (including phenoxy) is 4. The molecule has 0 aliphatic carbocycles. The van der Waals surface area contributed by atoms with Gasteiger partial charge < -0.3 is 29.2 Å². The fourth-order valence-electron chi connectivity index (χ4n) is 4.45. The van der Waals surface area contributed by atoms with Gasteiger partial charge in [0.2, 0.25) is 11.8 Å². The van der Waals surface area contributed by atoms with Crippen molar-refractivity contribution < 1.29 is 37.0 Å². The van der Waals surface area contributed by atoms with E-state index in [1.54, 1.807) is 44.4 Å². The normalized spacial score (nSPS) is 12.4. The first-order valence-electron chi connectivity index (χ1n) is 14.2. The summed E-state index contributed by atoms with van der Waals surface area (Å²) in [6.07, 6.45) is 0.691. The molecule has 0 aliphatic heterocycles. The molecule has 0 saturated heterocycles. The van der Waals surface area contributed by atoms with E-state index in [1.807, 2.05) is 13.8 Å². The summed E-state index contributed by atoms with van der Waals surface area (Å²) in [7, 11) is 1.30. The Morgan fingerprint density at radius 2 is 1.47 bits per heavy atom. The molecule has 1 N–H and O–H groups in total. The first-order valence-corrected chi connectivity index (χ1v) is 16.0. The molecule has 0 saturated carbocycles. The summed E-state index contributed by atoms with van der Waals surface area (Å²) in [4.78, 5) is 28.7. The number of sulfonamides is 1. The van der Waals surface area contributed by atoms with Gasteiger partial charge in [-0.25, -0.2) is 8.42 Å². The van der Waals surface area contributed by atoms with Gasteiger partial charge in [-0.05, 0) is 68.3 Å². The number of hydrogen-bond donors (Lipinski definition) is 1. The zero-order chi connectivity index (χ0) is 33.3. The minimum atomic E-state index is -4.45. The molecule has 0 aliphatic rings. The van der Waals surface area contributed by atoms with E-state index in [2.05, 4.69) is 5.32 Å². The summed E-state index contributed by atoms with van der Waals surface area (Å²) in [5, 5.41) is 3.14. The van der Waals surface area contributed by atoms with Crippen LogP contribution in [-0.2, 0) is 26.2 Å². The predicted octanol–water partition coefficient (Wildman–Crippen LogP) is 4.90. The van der Waals surface area contributed by atoms with Gasteiger partial charge in [-0.15, -0.1) is 0 Å². The number of hydrogen-bond acceptors (Lipinski definition) is 8. The maximum atomic E-state index is 14.3. The molecule has 0 spiro atoms. The molecule has 3 aromatic rings.